The number of rotatable bonds is 5. The number of aromatic amines is 1. The van der Waals surface area contributed by atoms with Crippen LogP contribution in [0.2, 0.25) is 5.02 Å². The van der Waals surface area contributed by atoms with Crippen molar-refractivity contribution in [3.63, 3.8) is 0 Å². The van der Waals surface area contributed by atoms with E-state index in [-0.39, 0.29) is 0 Å². The Bertz CT molecular complexity index is 1330. The number of H-pyrrole nitrogens is 1. The second kappa shape index (κ2) is 11.9. The minimum Gasteiger partial charge on any atom is -0.473 e. The summed E-state index contributed by atoms with van der Waals surface area (Å²) in [5.41, 5.74) is 5.01. The quantitative estimate of drug-likeness (QED) is 0.209. The Morgan fingerprint density at radius 3 is 2.44 bits per heavy atom. The average Bonchev–Trinajstić information content (AvgIpc) is 3.51. The van der Waals surface area contributed by atoms with E-state index in [9.17, 15) is 0 Å². The zero-order chi connectivity index (χ0) is 25.7. The maximum Gasteiger partial charge on any atom is 0.414 e. The molecule has 2 aromatic heterocycles. The molecule has 0 amide bonds. The van der Waals surface area contributed by atoms with Crippen molar-refractivity contribution in [2.75, 3.05) is 19.6 Å². The number of benzene rings is 2. The minimum absolute atomic E-state index is 0.608. The normalized spacial score (nSPS) is 14.4. The van der Waals surface area contributed by atoms with Gasteiger partial charge in [0.05, 0.1) is 11.9 Å². The summed E-state index contributed by atoms with van der Waals surface area (Å²) in [7, 11) is 0. The molecule has 36 heavy (non-hydrogen) atoms. The van der Waals surface area contributed by atoms with Gasteiger partial charge in [-0.15, -0.1) is 0 Å². The van der Waals surface area contributed by atoms with Crippen LogP contribution in [0, 0.1) is 3.57 Å². The Kier molecular flexibility index (Phi) is 8.65. The fraction of sp³-hybridized carbons (Fsp3) is 0.269. The number of aliphatic carboxylic acids is 2. The van der Waals surface area contributed by atoms with Gasteiger partial charge in [-0.3, -0.25) is 0 Å². The smallest absolute Gasteiger partial charge is 0.414 e. The monoisotopic (exact) mass is 620 g/mol. The van der Waals surface area contributed by atoms with Crippen molar-refractivity contribution in [2.24, 2.45) is 0 Å². The maximum atomic E-state index is 9.10. The van der Waals surface area contributed by atoms with Crippen LogP contribution in [-0.4, -0.2) is 61.5 Å². The SMILES string of the molecule is Clc1ccc2[nH]cc(C3CCN(CCc4cnn(-c5ccc(I)cc5)c4)CC3)c2c1.O=C(O)C(=O)O. The number of carbonyl (C=O) groups is 2. The van der Waals surface area contributed by atoms with Gasteiger partial charge >= 0.3 is 11.9 Å². The number of hydrogen-bond acceptors (Lipinski definition) is 4. The van der Waals surface area contributed by atoms with E-state index in [1.165, 1.54) is 38.4 Å². The van der Waals surface area contributed by atoms with Crippen LogP contribution in [0.3, 0.4) is 0 Å². The number of halogens is 2. The number of piperidine rings is 1. The van der Waals surface area contributed by atoms with Gasteiger partial charge in [-0.25, -0.2) is 14.3 Å². The van der Waals surface area contributed by atoms with E-state index in [1.54, 1.807) is 0 Å². The standard InChI is InChI=1S/C24H24ClIN4.C2H2O4/c25-19-1-6-24-22(13-19)23(15-27-24)18-8-11-29(12-9-18)10-7-17-14-28-30(16-17)21-4-2-20(26)3-5-21;3-1(4)2(5)6/h1-6,13-16,18,27H,7-12H2;(H,3,4)(H,5,6). The number of carboxylic acids is 2. The zero-order valence-corrected chi connectivity index (χ0v) is 22.3. The number of likely N-dealkylation sites (tertiary alicyclic amines) is 1. The van der Waals surface area contributed by atoms with Crippen molar-refractivity contribution in [3.05, 3.63) is 80.8 Å². The third-order valence-corrected chi connectivity index (χ3v) is 7.28. The van der Waals surface area contributed by atoms with E-state index in [4.69, 9.17) is 31.4 Å². The molecular formula is C26H26ClIN4O4. The molecule has 0 unspecified atom stereocenters. The summed E-state index contributed by atoms with van der Waals surface area (Å²) >= 11 is 8.55. The van der Waals surface area contributed by atoms with Crippen molar-refractivity contribution < 1.29 is 19.8 Å². The summed E-state index contributed by atoms with van der Waals surface area (Å²) in [5.74, 6) is -3.04. The van der Waals surface area contributed by atoms with Crippen molar-refractivity contribution in [3.8, 4) is 5.69 Å². The fourth-order valence-corrected chi connectivity index (χ4v) is 4.96. The molecule has 5 rings (SSSR count). The number of fused-ring (bicyclic) bond motifs is 1. The predicted octanol–water partition coefficient (Wildman–Crippen LogP) is 5.19. The maximum absolute atomic E-state index is 9.10. The molecule has 10 heteroatoms. The first-order chi connectivity index (χ1) is 17.3. The number of nitrogens with zero attached hydrogens (tertiary/aromatic N) is 3. The minimum atomic E-state index is -1.82. The van der Waals surface area contributed by atoms with Crippen LogP contribution in [0.25, 0.3) is 16.6 Å². The van der Waals surface area contributed by atoms with E-state index in [0.717, 1.165) is 36.8 Å². The largest absolute Gasteiger partial charge is 0.473 e. The topological polar surface area (TPSA) is 111 Å². The highest BCUT2D eigenvalue weighted by Gasteiger charge is 2.22. The van der Waals surface area contributed by atoms with Gasteiger partial charge in [0.15, 0.2) is 0 Å². The molecule has 2 aromatic carbocycles. The molecule has 0 bridgehead atoms. The molecule has 1 aliphatic rings. The van der Waals surface area contributed by atoms with Crippen LogP contribution >= 0.6 is 34.2 Å². The Morgan fingerprint density at radius 1 is 1.08 bits per heavy atom. The molecule has 0 aliphatic carbocycles. The van der Waals surface area contributed by atoms with Crippen molar-refractivity contribution in [2.45, 2.75) is 25.2 Å². The highest BCUT2D eigenvalue weighted by molar-refractivity contribution is 14.1. The first kappa shape index (κ1) is 26.2. The highest BCUT2D eigenvalue weighted by Crippen LogP contribution is 2.34. The average molecular weight is 621 g/mol. The molecule has 0 spiro atoms. The molecule has 0 atom stereocenters. The van der Waals surface area contributed by atoms with Crippen LogP contribution in [0.1, 0.15) is 29.9 Å². The first-order valence-corrected chi connectivity index (χ1v) is 13.0. The van der Waals surface area contributed by atoms with Gasteiger partial charge in [0, 0.05) is 38.4 Å². The third-order valence-electron chi connectivity index (χ3n) is 6.33. The van der Waals surface area contributed by atoms with E-state index < -0.39 is 11.9 Å². The number of aromatic nitrogens is 3. The molecule has 1 fully saturated rings. The van der Waals surface area contributed by atoms with Crippen molar-refractivity contribution in [1.29, 1.82) is 0 Å². The zero-order valence-electron chi connectivity index (χ0n) is 19.4. The van der Waals surface area contributed by atoms with Crippen molar-refractivity contribution >= 4 is 57.0 Å². The first-order valence-electron chi connectivity index (χ1n) is 11.5. The van der Waals surface area contributed by atoms with E-state index in [2.05, 4.69) is 86.4 Å². The summed E-state index contributed by atoms with van der Waals surface area (Å²) < 4.78 is 3.21. The summed E-state index contributed by atoms with van der Waals surface area (Å²) in [6.45, 7) is 3.37. The van der Waals surface area contributed by atoms with Gasteiger partial charge in [0.25, 0.3) is 0 Å². The van der Waals surface area contributed by atoms with Crippen LogP contribution in [0.15, 0.2) is 61.1 Å². The van der Waals surface area contributed by atoms with Gasteiger partial charge < -0.3 is 20.1 Å². The number of nitrogens with one attached hydrogen (secondary N) is 1. The Labute approximate surface area is 227 Å². The second-order valence-corrected chi connectivity index (χ2v) is 10.4. The van der Waals surface area contributed by atoms with Gasteiger partial charge in [-0.1, -0.05) is 11.6 Å². The molecule has 1 aliphatic heterocycles. The lowest BCUT2D eigenvalue weighted by Crippen LogP contribution is -2.34. The molecule has 0 saturated carbocycles. The van der Waals surface area contributed by atoms with E-state index in [0.29, 0.717) is 5.92 Å². The molecule has 8 nitrogen and oxygen atoms in total. The summed E-state index contributed by atoms with van der Waals surface area (Å²) in [4.78, 5) is 24.2. The fourth-order valence-electron chi connectivity index (χ4n) is 4.43. The predicted molar refractivity (Wildman–Crippen MR) is 147 cm³/mol. The number of hydrogen-bond donors (Lipinski definition) is 3. The molecule has 188 valence electrons. The summed E-state index contributed by atoms with van der Waals surface area (Å²) in [6, 6.07) is 14.6. The van der Waals surface area contributed by atoms with Gasteiger partial charge in [0.1, 0.15) is 0 Å². The highest BCUT2D eigenvalue weighted by atomic mass is 127. The molecule has 0 radical (unpaired) electrons. The molecule has 4 aromatic rings. The lowest BCUT2D eigenvalue weighted by atomic mass is 9.89. The molecule has 3 heterocycles. The van der Waals surface area contributed by atoms with Crippen LogP contribution in [-0.2, 0) is 16.0 Å². The Morgan fingerprint density at radius 2 is 1.78 bits per heavy atom. The summed E-state index contributed by atoms with van der Waals surface area (Å²) in [5, 5.41) is 21.4. The summed E-state index contributed by atoms with van der Waals surface area (Å²) in [6.07, 6.45) is 9.77. The third kappa shape index (κ3) is 6.65. The Balaban J connectivity index is 0.000000455. The Hall–Kier alpha value is -2.89. The van der Waals surface area contributed by atoms with Gasteiger partial charge in [-0.2, -0.15) is 5.10 Å². The second-order valence-electron chi connectivity index (χ2n) is 8.68. The lowest BCUT2D eigenvalue weighted by molar-refractivity contribution is -0.159. The van der Waals surface area contributed by atoms with Crippen LogP contribution in [0.5, 0.6) is 0 Å². The lowest BCUT2D eigenvalue weighted by Gasteiger charge is -2.31. The van der Waals surface area contributed by atoms with Crippen LogP contribution in [0.4, 0.5) is 0 Å². The van der Waals surface area contributed by atoms with Gasteiger partial charge in [0.2, 0.25) is 0 Å². The number of carboxylic acid groups (broad SMARTS) is 2. The van der Waals surface area contributed by atoms with E-state index >= 15 is 0 Å². The molecule has 3 N–H and O–H groups in total. The van der Waals surface area contributed by atoms with Gasteiger partial charge in [-0.05, 0) is 114 Å². The van der Waals surface area contributed by atoms with E-state index in [1.807, 2.05) is 16.9 Å². The molecule has 1 saturated heterocycles. The van der Waals surface area contributed by atoms with Crippen LogP contribution < -0.4 is 0 Å². The van der Waals surface area contributed by atoms with Crippen molar-refractivity contribution in [1.82, 2.24) is 19.7 Å². The molecular weight excluding hydrogens is 595 g/mol.